The number of carbonyl (C=O) groups excluding carboxylic acids is 1. The third-order valence-electron chi connectivity index (χ3n) is 4.23. The van der Waals surface area contributed by atoms with Gasteiger partial charge in [-0.3, -0.25) is 10.1 Å². The molecule has 0 fully saturated rings. The molecule has 8 heteroatoms. The summed E-state index contributed by atoms with van der Waals surface area (Å²) in [7, 11) is 0. The minimum absolute atomic E-state index is 0.289. The minimum Gasteiger partial charge on any atom is -0.351 e. The number of nitrogens with zero attached hydrogens (tertiary/aromatic N) is 1. The number of halogens is 1. The van der Waals surface area contributed by atoms with Crippen LogP contribution in [-0.4, -0.2) is 16.0 Å². The van der Waals surface area contributed by atoms with Crippen molar-refractivity contribution in [2.45, 2.75) is 13.0 Å². The predicted octanol–water partition coefficient (Wildman–Crippen LogP) is 3.87. The van der Waals surface area contributed by atoms with Crippen molar-refractivity contribution in [1.82, 2.24) is 15.6 Å². The molecule has 3 N–H and O–H groups in total. The maximum atomic E-state index is 13.3. The number of rotatable bonds is 3. The van der Waals surface area contributed by atoms with Crippen molar-refractivity contribution in [3.8, 4) is 0 Å². The summed E-state index contributed by atoms with van der Waals surface area (Å²) < 4.78 is 14.3. The Morgan fingerprint density at radius 3 is 2.70 bits per heavy atom. The van der Waals surface area contributed by atoms with Crippen molar-refractivity contribution < 1.29 is 9.18 Å². The Labute approximate surface area is 164 Å². The Kier molecular flexibility index (Phi) is 4.59. The van der Waals surface area contributed by atoms with Crippen LogP contribution in [0.3, 0.4) is 0 Å². The number of hydrogen-bond acceptors (Lipinski definition) is 4. The normalized spacial score (nSPS) is 16.8. The molecule has 1 aliphatic rings. The van der Waals surface area contributed by atoms with Gasteiger partial charge in [-0.2, -0.15) is 0 Å². The number of nitrogens with one attached hydrogen (secondary N) is 3. The van der Waals surface area contributed by atoms with E-state index < -0.39 is 6.04 Å². The summed E-state index contributed by atoms with van der Waals surface area (Å²) in [5.41, 5.74) is 2.70. The quantitative estimate of drug-likeness (QED) is 0.585. The molecule has 0 saturated carbocycles. The second-order valence-corrected chi connectivity index (χ2v) is 7.50. The van der Waals surface area contributed by atoms with E-state index in [1.165, 1.54) is 23.5 Å². The van der Waals surface area contributed by atoms with Gasteiger partial charge in [-0.1, -0.05) is 35.6 Å². The molecule has 1 aliphatic heterocycles. The van der Waals surface area contributed by atoms with E-state index in [1.807, 2.05) is 24.3 Å². The highest BCUT2D eigenvalue weighted by Gasteiger charge is 2.30. The molecular weight excluding hydrogens is 383 g/mol. The molecule has 5 nitrogen and oxygen atoms in total. The zero-order valence-corrected chi connectivity index (χ0v) is 15.9. The van der Waals surface area contributed by atoms with Crippen LogP contribution in [0.15, 0.2) is 59.8 Å². The first-order valence-electron chi connectivity index (χ1n) is 8.22. The van der Waals surface area contributed by atoms with Gasteiger partial charge in [0, 0.05) is 5.70 Å². The second kappa shape index (κ2) is 7.05. The van der Waals surface area contributed by atoms with E-state index in [-0.39, 0.29) is 11.7 Å². The number of benzene rings is 2. The standard InChI is InChI=1S/C19H15FN4OS2/c1-10-15(16(23-18(26)21-10)11-6-8-12(20)9-7-11)17(25)24-19-22-13-4-2-3-5-14(13)27-19/h2-9,16H,1H3,(H2,21,23,26)(H,22,24,25). The van der Waals surface area contributed by atoms with E-state index in [2.05, 4.69) is 20.9 Å². The number of hydrogen-bond donors (Lipinski definition) is 3. The minimum atomic E-state index is -0.478. The molecule has 1 unspecified atom stereocenters. The van der Waals surface area contributed by atoms with E-state index in [9.17, 15) is 9.18 Å². The molecule has 0 radical (unpaired) electrons. The molecule has 1 atom stereocenters. The summed E-state index contributed by atoms with van der Waals surface area (Å²) in [4.78, 5) is 17.5. The molecule has 0 spiro atoms. The Balaban J connectivity index is 1.67. The average Bonchev–Trinajstić information content (AvgIpc) is 3.03. The van der Waals surface area contributed by atoms with Crippen LogP contribution in [-0.2, 0) is 4.79 Å². The highest BCUT2D eigenvalue weighted by molar-refractivity contribution is 7.80. The van der Waals surface area contributed by atoms with Crippen molar-refractivity contribution >= 4 is 49.9 Å². The van der Waals surface area contributed by atoms with Gasteiger partial charge in [-0.15, -0.1) is 0 Å². The van der Waals surface area contributed by atoms with Gasteiger partial charge in [-0.25, -0.2) is 9.37 Å². The Bertz CT molecular complexity index is 1040. The van der Waals surface area contributed by atoms with Gasteiger partial charge >= 0.3 is 0 Å². The number of fused-ring (bicyclic) bond motifs is 1. The van der Waals surface area contributed by atoms with Crippen LogP contribution in [0.5, 0.6) is 0 Å². The summed E-state index contributed by atoms with van der Waals surface area (Å²) in [5, 5.41) is 9.88. The van der Waals surface area contributed by atoms with Crippen molar-refractivity contribution in [2.24, 2.45) is 0 Å². The Hall–Kier alpha value is -2.84. The van der Waals surface area contributed by atoms with Gasteiger partial charge in [0.25, 0.3) is 5.91 Å². The van der Waals surface area contributed by atoms with Crippen LogP contribution >= 0.6 is 23.6 Å². The maximum Gasteiger partial charge on any atom is 0.257 e. The van der Waals surface area contributed by atoms with Crippen molar-refractivity contribution in [1.29, 1.82) is 0 Å². The summed E-state index contributed by atoms with van der Waals surface area (Å²) in [6, 6.07) is 13.2. The lowest BCUT2D eigenvalue weighted by atomic mass is 9.95. The number of anilines is 1. The fourth-order valence-electron chi connectivity index (χ4n) is 2.99. The predicted molar refractivity (Wildman–Crippen MR) is 109 cm³/mol. The Morgan fingerprint density at radius 1 is 1.22 bits per heavy atom. The maximum absolute atomic E-state index is 13.3. The molecule has 136 valence electrons. The van der Waals surface area contributed by atoms with Gasteiger partial charge in [0.05, 0.1) is 21.8 Å². The van der Waals surface area contributed by atoms with Crippen LogP contribution in [0.2, 0.25) is 0 Å². The van der Waals surface area contributed by atoms with Gasteiger partial charge in [-0.05, 0) is 49.0 Å². The first-order chi connectivity index (χ1) is 13.0. The summed E-state index contributed by atoms with van der Waals surface area (Å²) in [6.45, 7) is 1.79. The van der Waals surface area contributed by atoms with Crippen LogP contribution < -0.4 is 16.0 Å². The van der Waals surface area contributed by atoms with E-state index in [1.54, 1.807) is 19.1 Å². The number of aromatic nitrogens is 1. The molecule has 2 heterocycles. The summed E-state index contributed by atoms with van der Waals surface area (Å²) >= 11 is 6.63. The molecule has 0 aliphatic carbocycles. The molecule has 27 heavy (non-hydrogen) atoms. The second-order valence-electron chi connectivity index (χ2n) is 6.06. The Morgan fingerprint density at radius 2 is 1.96 bits per heavy atom. The SMILES string of the molecule is CC1=C(C(=O)Nc2nc3ccccc3s2)C(c2ccc(F)cc2)NC(=S)N1. The number of amides is 1. The molecule has 0 bridgehead atoms. The number of allylic oxidation sites excluding steroid dienone is 1. The van der Waals surface area contributed by atoms with Gasteiger partial charge in [0.15, 0.2) is 10.2 Å². The van der Waals surface area contributed by atoms with E-state index >= 15 is 0 Å². The lowest BCUT2D eigenvalue weighted by Crippen LogP contribution is -2.45. The van der Waals surface area contributed by atoms with Crippen molar-refractivity contribution in [3.05, 3.63) is 71.2 Å². The molecule has 1 aromatic heterocycles. The number of thiocarbonyl (C=S) groups is 1. The smallest absolute Gasteiger partial charge is 0.257 e. The van der Waals surface area contributed by atoms with Crippen LogP contribution in [0.25, 0.3) is 10.2 Å². The van der Waals surface area contributed by atoms with E-state index in [0.29, 0.717) is 21.5 Å². The van der Waals surface area contributed by atoms with Gasteiger partial charge in [0.1, 0.15) is 5.82 Å². The summed E-state index contributed by atoms with van der Waals surface area (Å²) in [5.74, 6) is -0.625. The highest BCUT2D eigenvalue weighted by atomic mass is 32.1. The fourth-order valence-corrected chi connectivity index (χ4v) is 4.12. The molecule has 3 aromatic rings. The van der Waals surface area contributed by atoms with Crippen molar-refractivity contribution in [2.75, 3.05) is 5.32 Å². The zero-order chi connectivity index (χ0) is 19.0. The monoisotopic (exact) mass is 398 g/mol. The molecular formula is C19H15FN4OS2. The molecule has 0 saturated heterocycles. The van der Waals surface area contributed by atoms with Crippen LogP contribution in [0, 0.1) is 5.82 Å². The third-order valence-corrected chi connectivity index (χ3v) is 5.40. The number of thiazole rings is 1. The first-order valence-corrected chi connectivity index (χ1v) is 9.44. The van der Waals surface area contributed by atoms with Crippen molar-refractivity contribution in [3.63, 3.8) is 0 Å². The number of para-hydroxylation sites is 1. The first kappa shape index (κ1) is 17.6. The third kappa shape index (κ3) is 3.54. The van der Waals surface area contributed by atoms with Gasteiger partial charge in [0.2, 0.25) is 0 Å². The topological polar surface area (TPSA) is 66.0 Å². The van der Waals surface area contributed by atoms with Crippen LogP contribution in [0.4, 0.5) is 9.52 Å². The van der Waals surface area contributed by atoms with Gasteiger partial charge < -0.3 is 10.6 Å². The molecule has 4 rings (SSSR count). The molecule has 2 aromatic carbocycles. The molecule has 1 amide bonds. The zero-order valence-electron chi connectivity index (χ0n) is 14.2. The largest absolute Gasteiger partial charge is 0.351 e. The lowest BCUT2D eigenvalue weighted by Gasteiger charge is -2.30. The lowest BCUT2D eigenvalue weighted by molar-refractivity contribution is -0.113. The van der Waals surface area contributed by atoms with E-state index in [0.717, 1.165) is 15.8 Å². The fraction of sp³-hybridized carbons (Fsp3) is 0.105. The average molecular weight is 398 g/mol. The highest BCUT2D eigenvalue weighted by Crippen LogP contribution is 2.30. The number of carbonyl (C=O) groups is 1. The van der Waals surface area contributed by atoms with Crippen LogP contribution in [0.1, 0.15) is 18.5 Å². The van der Waals surface area contributed by atoms with E-state index in [4.69, 9.17) is 12.2 Å². The summed E-state index contributed by atoms with van der Waals surface area (Å²) in [6.07, 6.45) is 0.